The first-order valence-electron chi connectivity index (χ1n) is 13.6. The average molecular weight is 643 g/mol. The van der Waals surface area contributed by atoms with Crippen molar-refractivity contribution >= 4 is 34.4 Å². The fourth-order valence-electron chi connectivity index (χ4n) is 5.70. The Morgan fingerprint density at radius 3 is 2.45 bits per heavy atom. The molecule has 3 unspecified atom stereocenters. The standard InChI is InChI=1S/C28H39IN2O7/c1-37-24-13-17(16-33)12-21(29)26(24)38-23-15-19(27(35)30-10-11-32)14-22(25(23)34)31(20-8-3-2-4-9-20)28(36)18-6-5-7-18/h12-13,15,18,20,22-23,25,32-34H,2-11,14,16H2,1H3,(H,30,35). The number of hydrogen-bond donors (Lipinski definition) is 4. The predicted octanol–water partition coefficient (Wildman–Crippen LogP) is 2.67. The third-order valence-corrected chi connectivity index (χ3v) is 8.78. The Labute approximate surface area is 237 Å². The van der Waals surface area contributed by atoms with Crippen LogP contribution >= 0.6 is 22.6 Å². The van der Waals surface area contributed by atoms with Crippen LogP contribution in [0.1, 0.15) is 63.4 Å². The van der Waals surface area contributed by atoms with Crippen molar-refractivity contribution in [3.05, 3.63) is 32.9 Å². The van der Waals surface area contributed by atoms with Crippen molar-refractivity contribution in [2.45, 2.75) is 88.7 Å². The van der Waals surface area contributed by atoms with E-state index in [-0.39, 0.29) is 50.0 Å². The zero-order valence-corrected chi connectivity index (χ0v) is 24.1. The minimum atomic E-state index is -1.06. The van der Waals surface area contributed by atoms with E-state index >= 15 is 0 Å². The summed E-state index contributed by atoms with van der Waals surface area (Å²) in [6, 6.07) is 2.86. The first-order valence-corrected chi connectivity index (χ1v) is 14.7. The minimum Gasteiger partial charge on any atom is -0.493 e. The third kappa shape index (κ3) is 6.46. The Bertz CT molecular complexity index is 1020. The molecule has 3 aliphatic carbocycles. The molecule has 0 bridgehead atoms. The lowest BCUT2D eigenvalue weighted by atomic mass is 9.80. The summed E-state index contributed by atoms with van der Waals surface area (Å²) in [5, 5.41) is 33.3. The van der Waals surface area contributed by atoms with Gasteiger partial charge >= 0.3 is 0 Å². The van der Waals surface area contributed by atoms with E-state index in [1.54, 1.807) is 18.2 Å². The maximum atomic E-state index is 13.8. The Morgan fingerprint density at radius 1 is 1.11 bits per heavy atom. The van der Waals surface area contributed by atoms with Gasteiger partial charge in [0, 0.05) is 30.5 Å². The van der Waals surface area contributed by atoms with Crippen LogP contribution in [0.15, 0.2) is 23.8 Å². The topological polar surface area (TPSA) is 129 Å². The van der Waals surface area contributed by atoms with E-state index in [1.165, 1.54) is 7.11 Å². The van der Waals surface area contributed by atoms with Crippen LogP contribution in [0.2, 0.25) is 0 Å². The number of aliphatic hydroxyl groups excluding tert-OH is 3. The normalized spacial score (nSPS) is 24.2. The van der Waals surface area contributed by atoms with Crippen LogP contribution in [0.5, 0.6) is 11.5 Å². The summed E-state index contributed by atoms with van der Waals surface area (Å²) in [7, 11) is 1.51. The van der Waals surface area contributed by atoms with Crippen molar-refractivity contribution < 1.29 is 34.4 Å². The van der Waals surface area contributed by atoms with Crippen molar-refractivity contribution in [1.82, 2.24) is 10.2 Å². The maximum Gasteiger partial charge on any atom is 0.247 e. The summed E-state index contributed by atoms with van der Waals surface area (Å²) in [5.74, 6) is 0.498. The van der Waals surface area contributed by atoms with Gasteiger partial charge in [-0.2, -0.15) is 0 Å². The van der Waals surface area contributed by atoms with Crippen molar-refractivity contribution in [1.29, 1.82) is 0 Å². The van der Waals surface area contributed by atoms with Gasteiger partial charge in [0.15, 0.2) is 11.5 Å². The molecule has 2 amide bonds. The quantitative estimate of drug-likeness (QED) is 0.289. The Kier molecular flexibility index (Phi) is 10.3. The number of carbonyl (C=O) groups excluding carboxylic acids is 2. The van der Waals surface area contributed by atoms with Crippen molar-refractivity contribution in [2.75, 3.05) is 20.3 Å². The molecule has 0 radical (unpaired) electrons. The van der Waals surface area contributed by atoms with Crippen LogP contribution in [-0.2, 0) is 16.2 Å². The van der Waals surface area contributed by atoms with Gasteiger partial charge in [-0.05, 0) is 72.0 Å². The van der Waals surface area contributed by atoms with Gasteiger partial charge in [-0.15, -0.1) is 0 Å². The summed E-state index contributed by atoms with van der Waals surface area (Å²) in [6.45, 7) is -0.238. The van der Waals surface area contributed by atoms with Crippen LogP contribution < -0.4 is 14.8 Å². The molecule has 0 saturated heterocycles. The molecule has 0 aliphatic heterocycles. The molecule has 210 valence electrons. The number of halogens is 1. The van der Waals surface area contributed by atoms with Crippen LogP contribution in [0.4, 0.5) is 0 Å². The van der Waals surface area contributed by atoms with E-state index in [0.29, 0.717) is 26.2 Å². The number of benzene rings is 1. The number of methoxy groups -OCH3 is 1. The Morgan fingerprint density at radius 2 is 1.84 bits per heavy atom. The van der Waals surface area contributed by atoms with Gasteiger partial charge in [-0.1, -0.05) is 25.7 Å². The molecule has 1 aromatic carbocycles. The van der Waals surface area contributed by atoms with Gasteiger partial charge in [0.05, 0.1) is 29.9 Å². The first kappa shape index (κ1) is 29.1. The summed E-state index contributed by atoms with van der Waals surface area (Å²) in [4.78, 5) is 28.7. The largest absolute Gasteiger partial charge is 0.493 e. The Balaban J connectivity index is 1.70. The van der Waals surface area contributed by atoms with Gasteiger partial charge in [-0.25, -0.2) is 0 Å². The monoisotopic (exact) mass is 642 g/mol. The summed E-state index contributed by atoms with van der Waals surface area (Å²) >= 11 is 2.09. The lowest BCUT2D eigenvalue weighted by molar-refractivity contribution is -0.150. The second kappa shape index (κ2) is 13.5. The molecule has 2 saturated carbocycles. The van der Waals surface area contributed by atoms with E-state index in [0.717, 1.165) is 51.4 Å². The zero-order valence-electron chi connectivity index (χ0n) is 21.9. The number of rotatable bonds is 10. The van der Waals surface area contributed by atoms with E-state index < -0.39 is 18.2 Å². The first-order chi connectivity index (χ1) is 18.4. The van der Waals surface area contributed by atoms with Gasteiger partial charge < -0.3 is 35.0 Å². The number of aliphatic hydroxyl groups is 3. The SMILES string of the molecule is COc1cc(CO)cc(I)c1OC1C=C(C(=O)NCCO)CC(N(C(=O)C2CCC2)C2CCCCC2)C1O. The highest BCUT2D eigenvalue weighted by Crippen LogP contribution is 2.39. The molecule has 0 aromatic heterocycles. The predicted molar refractivity (Wildman–Crippen MR) is 150 cm³/mol. The molecule has 3 atom stereocenters. The molecule has 4 N–H and O–H groups in total. The second-order valence-corrected chi connectivity index (χ2v) is 11.6. The van der Waals surface area contributed by atoms with E-state index in [4.69, 9.17) is 9.47 Å². The van der Waals surface area contributed by atoms with E-state index in [9.17, 15) is 24.9 Å². The van der Waals surface area contributed by atoms with Crippen molar-refractivity contribution in [3.63, 3.8) is 0 Å². The molecule has 2 fully saturated rings. The second-order valence-electron chi connectivity index (χ2n) is 10.4. The van der Waals surface area contributed by atoms with Gasteiger partial charge in [0.25, 0.3) is 0 Å². The van der Waals surface area contributed by atoms with Crippen molar-refractivity contribution in [2.24, 2.45) is 5.92 Å². The molecule has 4 rings (SSSR count). The molecule has 0 spiro atoms. The van der Waals surface area contributed by atoms with E-state index in [2.05, 4.69) is 27.9 Å². The minimum absolute atomic E-state index is 0.0236. The number of nitrogens with one attached hydrogen (secondary N) is 1. The third-order valence-electron chi connectivity index (χ3n) is 7.97. The van der Waals surface area contributed by atoms with Crippen LogP contribution in [0, 0.1) is 9.49 Å². The number of nitrogens with zero attached hydrogens (tertiary/aromatic N) is 1. The fourth-order valence-corrected chi connectivity index (χ4v) is 6.50. The number of amides is 2. The average Bonchev–Trinajstić information content (AvgIpc) is 2.89. The molecular weight excluding hydrogens is 603 g/mol. The maximum absolute atomic E-state index is 13.8. The summed E-state index contributed by atoms with van der Waals surface area (Å²) < 4.78 is 12.6. The summed E-state index contributed by atoms with van der Waals surface area (Å²) in [6.07, 6.45) is 7.59. The molecule has 3 aliphatic rings. The van der Waals surface area contributed by atoms with Gasteiger partial charge in [0.2, 0.25) is 11.8 Å². The molecule has 9 nitrogen and oxygen atoms in total. The molecule has 10 heteroatoms. The number of hydrogen-bond acceptors (Lipinski definition) is 7. The van der Waals surface area contributed by atoms with Crippen molar-refractivity contribution in [3.8, 4) is 11.5 Å². The smallest absolute Gasteiger partial charge is 0.247 e. The van der Waals surface area contributed by atoms with Gasteiger partial charge in [0.1, 0.15) is 12.2 Å². The van der Waals surface area contributed by atoms with Crippen LogP contribution in [-0.4, -0.2) is 76.6 Å². The lowest BCUT2D eigenvalue weighted by Crippen LogP contribution is -2.60. The molecule has 38 heavy (non-hydrogen) atoms. The molecule has 0 heterocycles. The van der Waals surface area contributed by atoms with E-state index in [1.807, 2.05) is 4.90 Å². The van der Waals surface area contributed by atoms with Crippen LogP contribution in [0.25, 0.3) is 0 Å². The highest BCUT2D eigenvalue weighted by atomic mass is 127. The lowest BCUT2D eigenvalue weighted by Gasteiger charge is -2.47. The molecule has 1 aromatic rings. The number of ether oxygens (including phenoxy) is 2. The number of carbonyl (C=O) groups is 2. The molecular formula is C28H39IN2O7. The highest BCUT2D eigenvalue weighted by Gasteiger charge is 2.45. The highest BCUT2D eigenvalue weighted by molar-refractivity contribution is 14.1. The zero-order chi connectivity index (χ0) is 27.2. The van der Waals surface area contributed by atoms with Crippen LogP contribution in [0.3, 0.4) is 0 Å². The van der Waals surface area contributed by atoms with Gasteiger partial charge in [-0.3, -0.25) is 9.59 Å². The Hall–Kier alpha value is -1.89. The summed E-state index contributed by atoms with van der Waals surface area (Å²) in [5.41, 5.74) is 1.08. The fraction of sp³-hybridized carbons (Fsp3) is 0.643.